The number of carbonyl (C=O) groups is 1. The van der Waals surface area contributed by atoms with E-state index in [0.29, 0.717) is 17.8 Å². The number of nitro groups is 1. The van der Waals surface area contributed by atoms with Crippen LogP contribution in [0, 0.1) is 17.0 Å². The summed E-state index contributed by atoms with van der Waals surface area (Å²) in [6.07, 6.45) is 1.43. The lowest BCUT2D eigenvalue weighted by atomic mass is 10.1. The van der Waals surface area contributed by atoms with Crippen LogP contribution in [0.25, 0.3) is 16.5 Å². The minimum atomic E-state index is -0.540. The molecular formula is C22H20N6O4S. The molecule has 0 radical (unpaired) electrons. The Morgan fingerprint density at radius 2 is 2.09 bits per heavy atom. The van der Waals surface area contributed by atoms with E-state index in [4.69, 9.17) is 0 Å². The zero-order valence-corrected chi connectivity index (χ0v) is 18.7. The van der Waals surface area contributed by atoms with E-state index < -0.39 is 10.8 Å². The second kappa shape index (κ2) is 9.17. The molecule has 2 N–H and O–H groups in total. The summed E-state index contributed by atoms with van der Waals surface area (Å²) in [5, 5.41) is 20.5. The largest absolute Gasteiger partial charge is 0.306 e. The molecule has 0 aliphatic heterocycles. The zero-order chi connectivity index (χ0) is 23.5. The van der Waals surface area contributed by atoms with Crippen LogP contribution in [0.4, 0.5) is 11.5 Å². The van der Waals surface area contributed by atoms with E-state index in [0.717, 1.165) is 11.3 Å². The van der Waals surface area contributed by atoms with E-state index in [1.54, 1.807) is 6.07 Å². The second-order valence-electron chi connectivity index (χ2n) is 7.28. The molecule has 4 rings (SSSR count). The van der Waals surface area contributed by atoms with E-state index >= 15 is 0 Å². The minimum absolute atomic E-state index is 0.145. The SMILES string of the molecule is CCCc1cc(=O)[nH]c(-n2nc(-c3cccs3)cc2NC(=O)c2cccc([N+](=O)[O-])c2C)n1. The first-order valence-electron chi connectivity index (χ1n) is 10.2. The number of nitrogens with zero attached hydrogens (tertiary/aromatic N) is 4. The fourth-order valence-electron chi connectivity index (χ4n) is 3.41. The average molecular weight is 465 g/mol. The van der Waals surface area contributed by atoms with Gasteiger partial charge in [-0.3, -0.25) is 24.7 Å². The van der Waals surface area contributed by atoms with Crippen LogP contribution in [-0.2, 0) is 6.42 Å². The Bertz CT molecular complexity index is 1390. The molecule has 0 atom stereocenters. The first-order valence-corrected chi connectivity index (χ1v) is 11.0. The van der Waals surface area contributed by atoms with Gasteiger partial charge in [0.2, 0.25) is 5.95 Å². The molecule has 3 heterocycles. The Kier molecular flexibility index (Phi) is 6.13. The van der Waals surface area contributed by atoms with Gasteiger partial charge in [-0.2, -0.15) is 9.78 Å². The molecule has 33 heavy (non-hydrogen) atoms. The summed E-state index contributed by atoms with van der Waals surface area (Å²) >= 11 is 1.47. The standard InChI is InChI=1S/C22H20N6O4S/c1-3-6-14-11-20(29)25-22(23-14)27-19(12-16(26-27)18-9-5-10-33-18)24-21(30)15-7-4-8-17(13(15)2)28(31)32/h4-5,7-12H,3,6H2,1-2H3,(H,24,30)(H,23,25,29). The number of H-pyrrole nitrogens is 1. The Labute approximate surface area is 192 Å². The fourth-order valence-corrected chi connectivity index (χ4v) is 4.09. The summed E-state index contributed by atoms with van der Waals surface area (Å²) in [5.41, 5.74) is 1.13. The number of nitro benzene ring substituents is 1. The van der Waals surface area contributed by atoms with Gasteiger partial charge in [0.15, 0.2) is 0 Å². The molecule has 1 amide bonds. The van der Waals surface area contributed by atoms with Gasteiger partial charge in [-0.1, -0.05) is 25.5 Å². The number of aromatic nitrogens is 4. The van der Waals surface area contributed by atoms with Gasteiger partial charge < -0.3 is 5.32 Å². The lowest BCUT2D eigenvalue weighted by Gasteiger charge is -2.10. The number of thiophene rings is 1. The van der Waals surface area contributed by atoms with Crippen molar-refractivity contribution in [2.24, 2.45) is 0 Å². The van der Waals surface area contributed by atoms with Gasteiger partial charge in [0.25, 0.3) is 17.2 Å². The third-order valence-corrected chi connectivity index (χ3v) is 5.85. The molecular weight excluding hydrogens is 444 g/mol. The predicted molar refractivity (Wildman–Crippen MR) is 125 cm³/mol. The molecule has 0 aliphatic rings. The highest BCUT2D eigenvalue weighted by molar-refractivity contribution is 7.13. The van der Waals surface area contributed by atoms with Crippen molar-refractivity contribution in [1.82, 2.24) is 19.7 Å². The number of carbonyl (C=O) groups excluding carboxylic acids is 1. The first kappa shape index (κ1) is 22.1. The maximum absolute atomic E-state index is 13.1. The summed E-state index contributed by atoms with van der Waals surface area (Å²) in [6.45, 7) is 3.51. The van der Waals surface area contributed by atoms with Crippen molar-refractivity contribution < 1.29 is 9.72 Å². The van der Waals surface area contributed by atoms with Crippen molar-refractivity contribution >= 4 is 28.7 Å². The van der Waals surface area contributed by atoms with Crippen LogP contribution in [-0.4, -0.2) is 30.6 Å². The molecule has 11 heteroatoms. The highest BCUT2D eigenvalue weighted by atomic mass is 32.1. The number of rotatable bonds is 7. The topological polar surface area (TPSA) is 136 Å². The summed E-state index contributed by atoms with van der Waals surface area (Å²) in [4.78, 5) is 44.0. The second-order valence-corrected chi connectivity index (χ2v) is 8.22. The van der Waals surface area contributed by atoms with Crippen LogP contribution in [0.3, 0.4) is 0 Å². The van der Waals surface area contributed by atoms with E-state index in [1.807, 2.05) is 24.4 Å². The Morgan fingerprint density at radius 1 is 1.27 bits per heavy atom. The van der Waals surface area contributed by atoms with Gasteiger partial charge in [-0.15, -0.1) is 11.3 Å². The third kappa shape index (κ3) is 4.58. The van der Waals surface area contributed by atoms with E-state index in [2.05, 4.69) is 20.4 Å². The highest BCUT2D eigenvalue weighted by Gasteiger charge is 2.21. The summed E-state index contributed by atoms with van der Waals surface area (Å²) < 4.78 is 1.36. The Morgan fingerprint density at radius 3 is 2.79 bits per heavy atom. The molecule has 0 bridgehead atoms. The van der Waals surface area contributed by atoms with Gasteiger partial charge in [-0.25, -0.2) is 4.98 Å². The zero-order valence-electron chi connectivity index (χ0n) is 17.9. The van der Waals surface area contributed by atoms with E-state index in [-0.39, 0.29) is 34.1 Å². The van der Waals surface area contributed by atoms with Gasteiger partial charge in [-0.05, 0) is 30.9 Å². The van der Waals surface area contributed by atoms with Gasteiger partial charge in [0, 0.05) is 35.0 Å². The van der Waals surface area contributed by atoms with Crippen LogP contribution >= 0.6 is 11.3 Å². The van der Waals surface area contributed by atoms with Crippen molar-refractivity contribution in [3.63, 3.8) is 0 Å². The van der Waals surface area contributed by atoms with Crippen molar-refractivity contribution in [2.45, 2.75) is 26.7 Å². The van der Waals surface area contributed by atoms with Gasteiger partial charge in [0.05, 0.1) is 9.80 Å². The number of hydrogen-bond donors (Lipinski definition) is 2. The molecule has 0 unspecified atom stereocenters. The number of nitrogens with one attached hydrogen (secondary N) is 2. The van der Waals surface area contributed by atoms with Crippen molar-refractivity contribution in [3.8, 4) is 16.5 Å². The van der Waals surface area contributed by atoms with Gasteiger partial charge in [0.1, 0.15) is 11.5 Å². The van der Waals surface area contributed by atoms with Crippen molar-refractivity contribution in [1.29, 1.82) is 0 Å². The smallest absolute Gasteiger partial charge is 0.273 e. The van der Waals surface area contributed by atoms with E-state index in [9.17, 15) is 19.7 Å². The molecule has 0 saturated heterocycles. The molecule has 10 nitrogen and oxygen atoms in total. The molecule has 0 aliphatic carbocycles. The maximum atomic E-state index is 13.1. The number of aryl methyl sites for hydroxylation is 1. The summed E-state index contributed by atoms with van der Waals surface area (Å²) in [5.74, 6) is -0.104. The quantitative estimate of drug-likeness (QED) is 0.312. The number of hydrogen-bond acceptors (Lipinski definition) is 7. The van der Waals surface area contributed by atoms with Crippen molar-refractivity contribution in [2.75, 3.05) is 5.32 Å². The number of amides is 1. The van der Waals surface area contributed by atoms with Crippen molar-refractivity contribution in [3.05, 3.63) is 85.1 Å². The van der Waals surface area contributed by atoms with Crippen LogP contribution in [0.1, 0.15) is 35.0 Å². The molecule has 1 aromatic carbocycles. The summed E-state index contributed by atoms with van der Waals surface area (Å²) in [6, 6.07) is 11.2. The lowest BCUT2D eigenvalue weighted by Crippen LogP contribution is -2.20. The number of anilines is 1. The minimum Gasteiger partial charge on any atom is -0.306 e. The highest BCUT2D eigenvalue weighted by Crippen LogP contribution is 2.28. The molecule has 0 fully saturated rings. The van der Waals surface area contributed by atoms with Crippen LogP contribution in [0.15, 0.2) is 52.6 Å². The number of benzene rings is 1. The van der Waals surface area contributed by atoms with E-state index in [1.165, 1.54) is 47.2 Å². The lowest BCUT2D eigenvalue weighted by molar-refractivity contribution is -0.385. The third-order valence-electron chi connectivity index (χ3n) is 4.96. The monoisotopic (exact) mass is 464 g/mol. The molecule has 0 spiro atoms. The summed E-state index contributed by atoms with van der Waals surface area (Å²) in [7, 11) is 0. The number of aromatic amines is 1. The normalized spacial score (nSPS) is 10.8. The first-order chi connectivity index (χ1) is 15.9. The predicted octanol–water partition coefficient (Wildman–Crippen LogP) is 4.11. The van der Waals surface area contributed by atoms with Crippen LogP contribution in [0.2, 0.25) is 0 Å². The average Bonchev–Trinajstić information content (AvgIpc) is 3.43. The fraction of sp³-hybridized carbons (Fsp3) is 0.182. The van der Waals surface area contributed by atoms with Gasteiger partial charge >= 0.3 is 0 Å². The molecule has 168 valence electrons. The molecule has 3 aromatic heterocycles. The maximum Gasteiger partial charge on any atom is 0.273 e. The molecule has 4 aromatic rings. The van der Waals surface area contributed by atoms with Crippen LogP contribution < -0.4 is 10.9 Å². The molecule has 0 saturated carbocycles. The van der Waals surface area contributed by atoms with Crippen LogP contribution in [0.5, 0.6) is 0 Å². The Hall–Kier alpha value is -4.12. The Balaban J connectivity index is 1.79.